The van der Waals surface area contributed by atoms with Crippen LogP contribution in [0.15, 0.2) is 18.2 Å². The van der Waals surface area contributed by atoms with Crippen molar-refractivity contribution in [1.29, 1.82) is 0 Å². The second kappa shape index (κ2) is 4.82. The van der Waals surface area contributed by atoms with Crippen molar-refractivity contribution >= 4 is 5.69 Å². The van der Waals surface area contributed by atoms with Gasteiger partial charge in [0.25, 0.3) is 0 Å². The lowest BCUT2D eigenvalue weighted by Crippen LogP contribution is -2.04. The van der Waals surface area contributed by atoms with Gasteiger partial charge in [0.2, 0.25) is 0 Å². The molecule has 0 atom stereocenters. The van der Waals surface area contributed by atoms with Crippen LogP contribution < -0.4 is 11.1 Å². The Hall–Kier alpha value is -1.09. The highest BCUT2D eigenvalue weighted by Gasteiger charge is 2.01. The van der Waals surface area contributed by atoms with Crippen LogP contribution in [0.25, 0.3) is 0 Å². The molecule has 3 N–H and O–H groups in total. The summed E-state index contributed by atoms with van der Waals surface area (Å²) in [5.41, 5.74) is 6.94. The number of rotatable bonds is 4. The Kier molecular flexibility index (Phi) is 3.71. The van der Waals surface area contributed by atoms with E-state index in [2.05, 4.69) is 5.32 Å². The number of hydrogen-bond donors (Lipinski definition) is 2. The molecule has 0 aliphatic carbocycles. The van der Waals surface area contributed by atoms with Gasteiger partial charge in [-0.05, 0) is 24.1 Å². The third-order valence-corrected chi connectivity index (χ3v) is 1.83. The molecule has 0 unspecified atom stereocenters. The van der Waals surface area contributed by atoms with E-state index in [4.69, 9.17) is 5.73 Å². The van der Waals surface area contributed by atoms with Crippen molar-refractivity contribution in [1.82, 2.24) is 0 Å². The molecule has 0 radical (unpaired) electrons. The quantitative estimate of drug-likeness (QED) is 0.748. The van der Waals surface area contributed by atoms with E-state index in [1.165, 1.54) is 6.07 Å². The summed E-state index contributed by atoms with van der Waals surface area (Å²) in [4.78, 5) is 0. The van der Waals surface area contributed by atoms with Gasteiger partial charge in [-0.3, -0.25) is 0 Å². The van der Waals surface area contributed by atoms with Gasteiger partial charge < -0.3 is 11.1 Å². The van der Waals surface area contributed by atoms with E-state index in [-0.39, 0.29) is 5.82 Å². The highest BCUT2D eigenvalue weighted by molar-refractivity contribution is 5.47. The van der Waals surface area contributed by atoms with Crippen LogP contribution in [0, 0.1) is 5.82 Å². The SMILES string of the molecule is CCCNc1cc(CN)ccc1F. The Bertz CT molecular complexity index is 274. The minimum atomic E-state index is -0.217. The summed E-state index contributed by atoms with van der Waals surface area (Å²) in [6.45, 7) is 3.27. The van der Waals surface area contributed by atoms with Crippen LogP contribution in [0.4, 0.5) is 10.1 Å². The van der Waals surface area contributed by atoms with Crippen LogP contribution in [0.5, 0.6) is 0 Å². The van der Waals surface area contributed by atoms with Crippen molar-refractivity contribution in [2.45, 2.75) is 19.9 Å². The van der Waals surface area contributed by atoms with Crippen molar-refractivity contribution in [2.75, 3.05) is 11.9 Å². The van der Waals surface area contributed by atoms with E-state index in [1.807, 2.05) is 6.92 Å². The zero-order valence-corrected chi connectivity index (χ0v) is 7.81. The van der Waals surface area contributed by atoms with Crippen LogP contribution in [-0.4, -0.2) is 6.54 Å². The van der Waals surface area contributed by atoms with Crippen molar-refractivity contribution in [3.05, 3.63) is 29.6 Å². The Labute approximate surface area is 77.9 Å². The normalized spacial score (nSPS) is 10.1. The highest BCUT2D eigenvalue weighted by Crippen LogP contribution is 2.15. The molecule has 1 rings (SSSR count). The molecule has 0 bridgehead atoms. The monoisotopic (exact) mass is 182 g/mol. The van der Waals surface area contributed by atoms with Gasteiger partial charge in [0, 0.05) is 13.1 Å². The van der Waals surface area contributed by atoms with Crippen LogP contribution in [0.1, 0.15) is 18.9 Å². The molecule has 1 aromatic carbocycles. The molecule has 13 heavy (non-hydrogen) atoms. The highest BCUT2D eigenvalue weighted by atomic mass is 19.1. The van der Waals surface area contributed by atoms with E-state index in [1.54, 1.807) is 12.1 Å². The molecule has 0 saturated carbocycles. The molecule has 0 amide bonds. The lowest BCUT2D eigenvalue weighted by atomic mass is 10.2. The van der Waals surface area contributed by atoms with Crippen molar-refractivity contribution in [2.24, 2.45) is 5.73 Å². The maximum Gasteiger partial charge on any atom is 0.146 e. The van der Waals surface area contributed by atoms with Gasteiger partial charge in [0.05, 0.1) is 5.69 Å². The third kappa shape index (κ3) is 2.70. The molecule has 0 aliphatic rings. The average Bonchev–Trinajstić information content (AvgIpc) is 2.17. The Balaban J connectivity index is 2.78. The summed E-state index contributed by atoms with van der Waals surface area (Å²) in [6.07, 6.45) is 0.978. The molecular formula is C10H15FN2. The largest absolute Gasteiger partial charge is 0.383 e. The Morgan fingerprint density at radius 2 is 2.23 bits per heavy atom. The number of benzene rings is 1. The first-order valence-corrected chi connectivity index (χ1v) is 4.50. The summed E-state index contributed by atoms with van der Waals surface area (Å²) in [7, 11) is 0. The lowest BCUT2D eigenvalue weighted by Gasteiger charge is -2.07. The third-order valence-electron chi connectivity index (χ3n) is 1.83. The van der Waals surface area contributed by atoms with Gasteiger partial charge in [0.1, 0.15) is 5.82 Å². The lowest BCUT2D eigenvalue weighted by molar-refractivity contribution is 0.629. The Morgan fingerprint density at radius 1 is 1.46 bits per heavy atom. The van der Waals surface area contributed by atoms with Crippen LogP contribution in [-0.2, 0) is 6.54 Å². The number of hydrogen-bond acceptors (Lipinski definition) is 2. The fourth-order valence-corrected chi connectivity index (χ4v) is 1.09. The second-order valence-electron chi connectivity index (χ2n) is 2.95. The van der Waals surface area contributed by atoms with E-state index in [9.17, 15) is 4.39 Å². The van der Waals surface area contributed by atoms with E-state index in [0.717, 1.165) is 18.5 Å². The van der Waals surface area contributed by atoms with Crippen LogP contribution >= 0.6 is 0 Å². The molecule has 0 fully saturated rings. The van der Waals surface area contributed by atoms with Crippen molar-refractivity contribution in [3.8, 4) is 0 Å². The molecule has 0 aromatic heterocycles. The summed E-state index contributed by atoms with van der Waals surface area (Å²) in [5.74, 6) is -0.217. The number of nitrogens with two attached hydrogens (primary N) is 1. The van der Waals surface area contributed by atoms with Crippen LogP contribution in [0.3, 0.4) is 0 Å². The zero-order valence-electron chi connectivity index (χ0n) is 7.81. The number of halogens is 1. The Morgan fingerprint density at radius 3 is 2.85 bits per heavy atom. The van der Waals surface area contributed by atoms with Crippen molar-refractivity contribution < 1.29 is 4.39 Å². The molecule has 0 saturated heterocycles. The summed E-state index contributed by atoms with van der Waals surface area (Å²) in [6, 6.07) is 4.90. The summed E-state index contributed by atoms with van der Waals surface area (Å²) >= 11 is 0. The van der Waals surface area contributed by atoms with E-state index in [0.29, 0.717) is 12.2 Å². The van der Waals surface area contributed by atoms with Gasteiger partial charge in [0.15, 0.2) is 0 Å². The molecule has 0 heterocycles. The minimum absolute atomic E-state index is 0.217. The first-order chi connectivity index (χ1) is 6.27. The average molecular weight is 182 g/mol. The fourth-order valence-electron chi connectivity index (χ4n) is 1.09. The summed E-state index contributed by atoms with van der Waals surface area (Å²) < 4.78 is 13.1. The molecule has 1 aromatic rings. The van der Waals surface area contributed by atoms with Crippen molar-refractivity contribution in [3.63, 3.8) is 0 Å². The summed E-state index contributed by atoms with van der Waals surface area (Å²) in [5, 5.41) is 3.01. The van der Waals surface area contributed by atoms with Gasteiger partial charge >= 0.3 is 0 Å². The van der Waals surface area contributed by atoms with E-state index >= 15 is 0 Å². The van der Waals surface area contributed by atoms with Gasteiger partial charge in [-0.2, -0.15) is 0 Å². The zero-order chi connectivity index (χ0) is 9.68. The topological polar surface area (TPSA) is 38.0 Å². The predicted octanol–water partition coefficient (Wildman–Crippen LogP) is 2.11. The van der Waals surface area contributed by atoms with Crippen LogP contribution in [0.2, 0.25) is 0 Å². The number of anilines is 1. The molecule has 3 heteroatoms. The molecule has 2 nitrogen and oxygen atoms in total. The van der Waals surface area contributed by atoms with E-state index < -0.39 is 0 Å². The van der Waals surface area contributed by atoms with Gasteiger partial charge in [-0.1, -0.05) is 13.0 Å². The molecular weight excluding hydrogens is 167 g/mol. The maximum absolute atomic E-state index is 13.1. The first kappa shape index (κ1) is 9.99. The minimum Gasteiger partial charge on any atom is -0.383 e. The molecule has 72 valence electrons. The predicted molar refractivity (Wildman–Crippen MR) is 53.1 cm³/mol. The smallest absolute Gasteiger partial charge is 0.146 e. The second-order valence-corrected chi connectivity index (χ2v) is 2.95. The standard InChI is InChI=1S/C10H15FN2/c1-2-5-13-10-6-8(7-12)3-4-9(10)11/h3-4,6,13H,2,5,7,12H2,1H3. The fraction of sp³-hybridized carbons (Fsp3) is 0.400. The molecule has 0 spiro atoms. The van der Waals surface area contributed by atoms with Gasteiger partial charge in [-0.15, -0.1) is 0 Å². The maximum atomic E-state index is 13.1. The first-order valence-electron chi connectivity index (χ1n) is 4.50. The number of nitrogens with one attached hydrogen (secondary N) is 1. The molecule has 0 aliphatic heterocycles. The van der Waals surface area contributed by atoms with Gasteiger partial charge in [-0.25, -0.2) is 4.39 Å².